The van der Waals surface area contributed by atoms with E-state index >= 15 is 0 Å². The fourth-order valence-electron chi connectivity index (χ4n) is 3.93. The maximum Gasteiger partial charge on any atom is 0.401 e. The third-order valence-electron chi connectivity index (χ3n) is 5.42. The minimum atomic E-state index is -4.27. The van der Waals surface area contributed by atoms with Crippen LogP contribution in [0.5, 0.6) is 0 Å². The number of carbonyl (C=O) groups is 1. The number of nitrogens with zero attached hydrogens (tertiary/aromatic N) is 3. The van der Waals surface area contributed by atoms with Gasteiger partial charge in [0.1, 0.15) is 6.04 Å². The third kappa shape index (κ3) is 5.29. The number of hydrogen-bond donors (Lipinski definition) is 0. The molecule has 2 heterocycles. The summed E-state index contributed by atoms with van der Waals surface area (Å²) < 4.78 is 65.3. The van der Waals surface area contributed by atoms with Crippen molar-refractivity contribution in [1.29, 1.82) is 0 Å². The third-order valence-corrected chi connectivity index (χ3v) is 7.34. The molecule has 0 aliphatic carbocycles. The number of hydrogen-bond acceptors (Lipinski definition) is 4. The molecule has 1 atom stereocenters. The van der Waals surface area contributed by atoms with Crippen LogP contribution in [0.3, 0.4) is 0 Å². The summed E-state index contributed by atoms with van der Waals surface area (Å²) in [5.41, 5.74) is 0.936. The summed E-state index contributed by atoms with van der Waals surface area (Å²) in [5.74, 6) is -0.313. The minimum absolute atomic E-state index is 0.128. The SMILES string of the molecule is Cc1ccc(S(=O)(=O)N2CCC[C@H]2C(=O)N2CCCN(CC(F)(F)F)CC2)cc1. The monoisotopic (exact) mass is 433 g/mol. The summed E-state index contributed by atoms with van der Waals surface area (Å²) in [4.78, 5) is 16.0. The van der Waals surface area contributed by atoms with Gasteiger partial charge in [0.05, 0.1) is 11.4 Å². The van der Waals surface area contributed by atoms with Gasteiger partial charge in [-0.1, -0.05) is 17.7 Å². The average Bonchev–Trinajstić information content (AvgIpc) is 3.03. The van der Waals surface area contributed by atoms with Crippen LogP contribution >= 0.6 is 0 Å². The van der Waals surface area contributed by atoms with E-state index in [0.29, 0.717) is 25.8 Å². The fraction of sp³-hybridized carbons (Fsp3) is 0.632. The van der Waals surface area contributed by atoms with E-state index in [9.17, 15) is 26.4 Å². The first-order valence-electron chi connectivity index (χ1n) is 9.74. The summed E-state index contributed by atoms with van der Waals surface area (Å²) in [6.07, 6.45) is -2.84. The van der Waals surface area contributed by atoms with Gasteiger partial charge in [0.2, 0.25) is 15.9 Å². The van der Waals surface area contributed by atoms with E-state index in [1.165, 1.54) is 26.2 Å². The lowest BCUT2D eigenvalue weighted by molar-refractivity contribution is -0.145. The topological polar surface area (TPSA) is 60.9 Å². The van der Waals surface area contributed by atoms with Gasteiger partial charge in [-0.15, -0.1) is 0 Å². The minimum Gasteiger partial charge on any atom is -0.340 e. The first-order valence-corrected chi connectivity index (χ1v) is 11.2. The zero-order valence-electron chi connectivity index (χ0n) is 16.4. The van der Waals surface area contributed by atoms with Crippen molar-refractivity contribution in [3.8, 4) is 0 Å². The summed E-state index contributed by atoms with van der Waals surface area (Å²) in [7, 11) is -3.81. The molecule has 2 saturated heterocycles. The molecule has 0 aromatic heterocycles. The van der Waals surface area contributed by atoms with Crippen molar-refractivity contribution in [1.82, 2.24) is 14.1 Å². The van der Waals surface area contributed by atoms with Crippen LogP contribution in [0.25, 0.3) is 0 Å². The quantitative estimate of drug-likeness (QED) is 0.731. The second-order valence-corrected chi connectivity index (χ2v) is 9.55. The fourth-order valence-corrected chi connectivity index (χ4v) is 5.58. The molecule has 0 radical (unpaired) electrons. The molecule has 0 saturated carbocycles. The van der Waals surface area contributed by atoms with Crippen molar-refractivity contribution in [2.45, 2.75) is 43.3 Å². The van der Waals surface area contributed by atoms with Crippen LogP contribution in [0.4, 0.5) is 13.2 Å². The van der Waals surface area contributed by atoms with E-state index in [0.717, 1.165) is 5.56 Å². The Labute approximate surface area is 169 Å². The number of rotatable bonds is 4. The van der Waals surface area contributed by atoms with Crippen LogP contribution < -0.4 is 0 Å². The van der Waals surface area contributed by atoms with Gasteiger partial charge in [0.15, 0.2) is 0 Å². The van der Waals surface area contributed by atoms with Crippen LogP contribution in [0, 0.1) is 6.92 Å². The lowest BCUT2D eigenvalue weighted by atomic mass is 10.2. The Bertz CT molecular complexity index is 827. The molecule has 2 aliphatic rings. The Morgan fingerprint density at radius 2 is 1.72 bits per heavy atom. The molecule has 3 rings (SSSR count). The predicted octanol–water partition coefficient (Wildman–Crippen LogP) is 2.24. The highest BCUT2D eigenvalue weighted by Crippen LogP contribution is 2.28. The molecule has 0 unspecified atom stereocenters. The van der Waals surface area contributed by atoms with Gasteiger partial charge in [-0.05, 0) is 38.3 Å². The van der Waals surface area contributed by atoms with Crippen molar-refractivity contribution in [2.75, 3.05) is 39.3 Å². The smallest absolute Gasteiger partial charge is 0.340 e. The van der Waals surface area contributed by atoms with Gasteiger partial charge in [-0.25, -0.2) is 8.42 Å². The normalized spacial score (nSPS) is 22.6. The van der Waals surface area contributed by atoms with Gasteiger partial charge in [0.25, 0.3) is 0 Å². The van der Waals surface area contributed by atoms with Gasteiger partial charge in [-0.2, -0.15) is 17.5 Å². The number of aryl methyl sites for hydroxylation is 1. The number of amides is 1. The van der Waals surface area contributed by atoms with Crippen molar-refractivity contribution in [3.63, 3.8) is 0 Å². The highest BCUT2D eigenvalue weighted by atomic mass is 32.2. The summed E-state index contributed by atoms with van der Waals surface area (Å²) in [6.45, 7) is 2.03. The van der Waals surface area contributed by atoms with Gasteiger partial charge in [-0.3, -0.25) is 9.69 Å². The van der Waals surface area contributed by atoms with Crippen molar-refractivity contribution < 1.29 is 26.4 Å². The zero-order valence-corrected chi connectivity index (χ0v) is 17.2. The number of sulfonamides is 1. The first kappa shape index (κ1) is 22.0. The van der Waals surface area contributed by atoms with Crippen LogP contribution in [0.1, 0.15) is 24.8 Å². The highest BCUT2D eigenvalue weighted by molar-refractivity contribution is 7.89. The van der Waals surface area contributed by atoms with Crippen molar-refractivity contribution in [3.05, 3.63) is 29.8 Å². The summed E-state index contributed by atoms with van der Waals surface area (Å²) >= 11 is 0. The van der Waals surface area contributed by atoms with Gasteiger partial charge >= 0.3 is 6.18 Å². The molecule has 29 heavy (non-hydrogen) atoms. The Hall–Kier alpha value is -1.65. The van der Waals surface area contributed by atoms with E-state index in [4.69, 9.17) is 0 Å². The van der Waals surface area contributed by atoms with Crippen LogP contribution in [-0.4, -0.2) is 79.9 Å². The number of halogens is 3. The Morgan fingerprint density at radius 3 is 2.38 bits per heavy atom. The lowest BCUT2D eigenvalue weighted by Gasteiger charge is -2.29. The van der Waals surface area contributed by atoms with E-state index in [1.807, 2.05) is 6.92 Å². The lowest BCUT2D eigenvalue weighted by Crippen LogP contribution is -2.48. The molecule has 2 fully saturated rings. The molecule has 1 aromatic carbocycles. The van der Waals surface area contributed by atoms with Crippen LogP contribution in [0.2, 0.25) is 0 Å². The molecular weight excluding hydrogens is 407 g/mol. The molecule has 10 heteroatoms. The molecule has 0 spiro atoms. The van der Waals surface area contributed by atoms with E-state index < -0.39 is 28.8 Å². The Morgan fingerprint density at radius 1 is 1.03 bits per heavy atom. The number of carbonyl (C=O) groups excluding carboxylic acids is 1. The number of alkyl halides is 3. The molecule has 0 bridgehead atoms. The zero-order chi connectivity index (χ0) is 21.2. The van der Waals surface area contributed by atoms with Crippen LogP contribution in [-0.2, 0) is 14.8 Å². The second kappa shape index (κ2) is 8.61. The van der Waals surface area contributed by atoms with Crippen molar-refractivity contribution >= 4 is 15.9 Å². The largest absolute Gasteiger partial charge is 0.401 e. The second-order valence-electron chi connectivity index (χ2n) is 7.66. The molecule has 1 amide bonds. The summed E-state index contributed by atoms with van der Waals surface area (Å²) in [5, 5.41) is 0. The summed E-state index contributed by atoms with van der Waals surface area (Å²) in [6, 6.07) is 5.69. The predicted molar refractivity (Wildman–Crippen MR) is 102 cm³/mol. The first-order chi connectivity index (χ1) is 13.6. The molecular formula is C19H26F3N3O3S. The molecule has 162 valence electrons. The molecule has 0 N–H and O–H groups in total. The molecule has 2 aliphatic heterocycles. The Balaban J connectivity index is 1.70. The maximum atomic E-state index is 13.1. The van der Waals surface area contributed by atoms with E-state index in [2.05, 4.69) is 0 Å². The average molecular weight is 433 g/mol. The maximum absolute atomic E-state index is 13.1. The number of benzene rings is 1. The van der Waals surface area contributed by atoms with Gasteiger partial charge in [0, 0.05) is 32.7 Å². The van der Waals surface area contributed by atoms with Gasteiger partial charge < -0.3 is 4.90 Å². The van der Waals surface area contributed by atoms with Crippen molar-refractivity contribution in [2.24, 2.45) is 0 Å². The van der Waals surface area contributed by atoms with Crippen LogP contribution in [0.15, 0.2) is 29.2 Å². The standard InChI is InChI=1S/C19H26F3N3O3S/c1-15-5-7-16(8-6-15)29(27,28)25-11-2-4-17(25)18(26)24-10-3-9-23(12-13-24)14-19(20,21)22/h5-8,17H,2-4,9-14H2,1H3/t17-/m0/s1. The Kier molecular flexibility index (Phi) is 6.54. The molecule has 1 aromatic rings. The van der Waals surface area contributed by atoms with E-state index in [-0.39, 0.29) is 37.0 Å². The molecule has 6 nitrogen and oxygen atoms in total. The van der Waals surface area contributed by atoms with E-state index in [1.54, 1.807) is 12.1 Å². The highest BCUT2D eigenvalue weighted by Gasteiger charge is 2.41.